The first-order chi connectivity index (χ1) is 12.5. The predicted octanol–water partition coefficient (Wildman–Crippen LogP) is 3.00. The van der Waals surface area contributed by atoms with Gasteiger partial charge in [0.15, 0.2) is 0 Å². The Morgan fingerprint density at radius 3 is 2.63 bits per heavy atom. The Balaban J connectivity index is 1.98. The molecule has 3 N–H and O–H groups in total. The molecule has 0 atom stereocenters. The molecule has 0 aliphatic rings. The largest absolute Gasteiger partial charge is 0.444 e. The van der Waals surface area contributed by atoms with Crippen molar-refractivity contribution in [3.05, 3.63) is 48.8 Å². The van der Waals surface area contributed by atoms with Gasteiger partial charge in [-0.05, 0) is 45.0 Å². The average Bonchev–Trinajstić information content (AvgIpc) is 2.95. The second-order valence-electron chi connectivity index (χ2n) is 6.99. The highest BCUT2D eigenvalue weighted by atomic mass is 32.2. The van der Waals surface area contributed by atoms with Gasteiger partial charge in [-0.2, -0.15) is 0 Å². The minimum atomic E-state index is -3.81. The van der Waals surface area contributed by atoms with E-state index in [1.165, 1.54) is 12.1 Å². The highest BCUT2D eigenvalue weighted by molar-refractivity contribution is 7.89. The van der Waals surface area contributed by atoms with Crippen molar-refractivity contribution >= 4 is 27.5 Å². The van der Waals surface area contributed by atoms with Gasteiger partial charge in [-0.25, -0.2) is 23.3 Å². The van der Waals surface area contributed by atoms with Crippen molar-refractivity contribution in [1.29, 1.82) is 0 Å². The van der Waals surface area contributed by atoms with Crippen LogP contribution in [0.3, 0.4) is 0 Å². The maximum Gasteiger partial charge on any atom is 0.412 e. The number of pyridine rings is 1. The van der Waals surface area contributed by atoms with Crippen molar-refractivity contribution in [1.82, 2.24) is 9.38 Å². The van der Waals surface area contributed by atoms with Gasteiger partial charge in [0.1, 0.15) is 11.2 Å². The Labute approximate surface area is 157 Å². The van der Waals surface area contributed by atoms with Crippen LogP contribution in [0.1, 0.15) is 20.8 Å². The molecule has 0 aliphatic carbocycles. The van der Waals surface area contributed by atoms with E-state index in [0.717, 1.165) is 0 Å². The molecule has 0 radical (unpaired) electrons. The highest BCUT2D eigenvalue weighted by Crippen LogP contribution is 2.24. The summed E-state index contributed by atoms with van der Waals surface area (Å²) in [7, 11) is -3.81. The number of rotatable bonds is 3. The molecule has 0 aliphatic heterocycles. The highest BCUT2D eigenvalue weighted by Gasteiger charge is 2.17. The van der Waals surface area contributed by atoms with Gasteiger partial charge < -0.3 is 4.74 Å². The number of imidazole rings is 1. The molecule has 2 aromatic heterocycles. The molecule has 3 rings (SSSR count). The SMILES string of the molecule is CC(C)(C)OC(=O)Nc1ccc2ncc(-c3cccc(S(N)(=O)=O)c3)n2c1. The number of carbonyl (C=O) groups excluding carboxylic acids is 1. The fraction of sp³-hybridized carbons (Fsp3) is 0.222. The lowest BCUT2D eigenvalue weighted by Gasteiger charge is -2.19. The van der Waals surface area contributed by atoms with Gasteiger partial charge >= 0.3 is 6.09 Å². The lowest BCUT2D eigenvalue weighted by Crippen LogP contribution is -2.27. The number of nitrogens with zero attached hydrogens (tertiary/aromatic N) is 2. The average molecular weight is 388 g/mol. The van der Waals surface area contributed by atoms with E-state index in [0.29, 0.717) is 22.6 Å². The number of benzene rings is 1. The molecular formula is C18H20N4O4S. The third kappa shape index (κ3) is 4.44. The van der Waals surface area contributed by atoms with Crippen LogP contribution >= 0.6 is 0 Å². The fourth-order valence-electron chi connectivity index (χ4n) is 2.52. The minimum Gasteiger partial charge on any atom is -0.444 e. The maximum absolute atomic E-state index is 12.0. The molecule has 9 heteroatoms. The number of carbonyl (C=O) groups is 1. The van der Waals surface area contributed by atoms with Crippen LogP contribution in [0.15, 0.2) is 53.7 Å². The summed E-state index contributed by atoms with van der Waals surface area (Å²) >= 11 is 0. The Morgan fingerprint density at radius 1 is 1.22 bits per heavy atom. The second-order valence-corrected chi connectivity index (χ2v) is 8.55. The number of nitrogens with one attached hydrogen (secondary N) is 1. The summed E-state index contributed by atoms with van der Waals surface area (Å²) in [6.07, 6.45) is 2.74. The Hall–Kier alpha value is -2.91. The molecule has 0 saturated heterocycles. The van der Waals surface area contributed by atoms with Crippen molar-refractivity contribution in [2.24, 2.45) is 5.14 Å². The molecule has 142 valence electrons. The number of anilines is 1. The molecule has 0 fully saturated rings. The molecule has 1 aromatic carbocycles. The Bertz CT molecular complexity index is 1110. The number of primary sulfonamides is 1. The van der Waals surface area contributed by atoms with Crippen molar-refractivity contribution < 1.29 is 17.9 Å². The van der Waals surface area contributed by atoms with Crippen LogP contribution in [0, 0.1) is 0 Å². The maximum atomic E-state index is 12.0. The number of ether oxygens (including phenoxy) is 1. The summed E-state index contributed by atoms with van der Waals surface area (Å²) in [4.78, 5) is 16.3. The van der Waals surface area contributed by atoms with E-state index in [4.69, 9.17) is 9.88 Å². The third-order valence-corrected chi connectivity index (χ3v) is 4.52. The lowest BCUT2D eigenvalue weighted by atomic mass is 10.2. The van der Waals surface area contributed by atoms with E-state index in [1.54, 1.807) is 61.8 Å². The number of hydrogen-bond donors (Lipinski definition) is 2. The zero-order valence-electron chi connectivity index (χ0n) is 15.1. The Morgan fingerprint density at radius 2 is 1.96 bits per heavy atom. The summed E-state index contributed by atoms with van der Waals surface area (Å²) in [5.74, 6) is 0. The summed E-state index contributed by atoms with van der Waals surface area (Å²) in [6, 6.07) is 9.71. The molecule has 8 nitrogen and oxygen atoms in total. The molecule has 0 bridgehead atoms. The quantitative estimate of drug-likeness (QED) is 0.715. The van der Waals surface area contributed by atoms with E-state index in [-0.39, 0.29) is 4.90 Å². The first-order valence-electron chi connectivity index (χ1n) is 8.13. The normalized spacial score (nSPS) is 12.1. The first-order valence-corrected chi connectivity index (χ1v) is 9.68. The molecule has 0 saturated carbocycles. The summed E-state index contributed by atoms with van der Waals surface area (Å²) in [6.45, 7) is 5.34. The number of nitrogens with two attached hydrogens (primary N) is 1. The van der Waals surface area contributed by atoms with Gasteiger partial charge in [0.2, 0.25) is 10.0 Å². The van der Waals surface area contributed by atoms with Crippen molar-refractivity contribution in [3.8, 4) is 11.3 Å². The minimum absolute atomic E-state index is 0.0120. The van der Waals surface area contributed by atoms with E-state index >= 15 is 0 Å². The Kier molecular flexibility index (Phi) is 4.66. The standard InChI is InChI=1S/C18H20N4O4S/c1-18(2,3)26-17(23)21-13-7-8-16-20-10-15(22(16)11-13)12-5-4-6-14(9-12)27(19,24)25/h4-11H,1-3H3,(H,21,23)(H2,19,24,25). The number of fused-ring (bicyclic) bond motifs is 1. The molecule has 27 heavy (non-hydrogen) atoms. The van der Waals surface area contributed by atoms with Gasteiger partial charge in [-0.3, -0.25) is 9.72 Å². The molecule has 0 unspecified atom stereocenters. The lowest BCUT2D eigenvalue weighted by molar-refractivity contribution is 0.0636. The summed E-state index contributed by atoms with van der Waals surface area (Å²) < 4.78 is 30.2. The molecular weight excluding hydrogens is 368 g/mol. The predicted molar refractivity (Wildman–Crippen MR) is 102 cm³/mol. The van der Waals surface area contributed by atoms with Crippen LogP contribution < -0.4 is 10.5 Å². The molecule has 1 amide bonds. The van der Waals surface area contributed by atoms with E-state index in [9.17, 15) is 13.2 Å². The molecule has 2 heterocycles. The van der Waals surface area contributed by atoms with Gasteiger partial charge in [-0.15, -0.1) is 0 Å². The summed E-state index contributed by atoms with van der Waals surface area (Å²) in [5.41, 5.74) is 1.83. The second kappa shape index (κ2) is 6.67. The van der Waals surface area contributed by atoms with Gasteiger partial charge in [0.25, 0.3) is 0 Å². The third-order valence-electron chi connectivity index (χ3n) is 3.61. The van der Waals surface area contributed by atoms with Crippen LogP contribution in [-0.4, -0.2) is 29.5 Å². The smallest absolute Gasteiger partial charge is 0.412 e. The van der Waals surface area contributed by atoms with Gasteiger partial charge in [0, 0.05) is 11.8 Å². The van der Waals surface area contributed by atoms with Crippen molar-refractivity contribution in [2.45, 2.75) is 31.3 Å². The van der Waals surface area contributed by atoms with Crippen LogP contribution in [-0.2, 0) is 14.8 Å². The van der Waals surface area contributed by atoms with E-state index in [2.05, 4.69) is 10.3 Å². The first kappa shape index (κ1) is 18.9. The number of amides is 1. The fourth-order valence-corrected chi connectivity index (χ4v) is 3.08. The van der Waals surface area contributed by atoms with Crippen LogP contribution in [0.5, 0.6) is 0 Å². The zero-order valence-corrected chi connectivity index (χ0v) is 15.9. The molecule has 0 spiro atoms. The monoisotopic (exact) mass is 388 g/mol. The topological polar surface area (TPSA) is 116 Å². The van der Waals surface area contributed by atoms with E-state index in [1.807, 2.05) is 0 Å². The summed E-state index contributed by atoms with van der Waals surface area (Å²) in [5, 5.41) is 7.88. The van der Waals surface area contributed by atoms with Crippen LogP contribution in [0.4, 0.5) is 10.5 Å². The van der Waals surface area contributed by atoms with Crippen molar-refractivity contribution in [2.75, 3.05) is 5.32 Å². The number of hydrogen-bond acceptors (Lipinski definition) is 5. The zero-order chi connectivity index (χ0) is 19.8. The van der Waals surface area contributed by atoms with Gasteiger partial charge in [0.05, 0.1) is 22.5 Å². The van der Waals surface area contributed by atoms with E-state index < -0.39 is 21.7 Å². The van der Waals surface area contributed by atoms with Crippen LogP contribution in [0.2, 0.25) is 0 Å². The van der Waals surface area contributed by atoms with Gasteiger partial charge in [-0.1, -0.05) is 12.1 Å². The number of aromatic nitrogens is 2. The number of sulfonamides is 1. The molecule has 3 aromatic rings. The van der Waals surface area contributed by atoms with Crippen molar-refractivity contribution in [3.63, 3.8) is 0 Å². The van der Waals surface area contributed by atoms with Crippen LogP contribution in [0.25, 0.3) is 16.9 Å².